The molecule has 3 rings (SSSR count). The Kier molecular flexibility index (Phi) is 5.01. The molecule has 136 valence electrons. The van der Waals surface area contributed by atoms with Crippen LogP contribution in [0.1, 0.15) is 33.0 Å². The van der Waals surface area contributed by atoms with Crippen LogP contribution in [0.25, 0.3) is 0 Å². The molecule has 0 radical (unpaired) electrons. The fourth-order valence-corrected chi connectivity index (χ4v) is 2.82. The summed E-state index contributed by atoms with van der Waals surface area (Å²) >= 11 is 0. The van der Waals surface area contributed by atoms with Gasteiger partial charge in [0, 0.05) is 24.8 Å². The Morgan fingerprint density at radius 1 is 0.962 bits per heavy atom. The second-order valence-electron chi connectivity index (χ2n) is 5.78. The largest absolute Gasteiger partial charge is 0.481 e. The number of carbonyl (C=O) groups is 2. The average Bonchev–Trinajstić information content (AvgIpc) is 3.16. The van der Waals surface area contributed by atoms with E-state index in [1.54, 1.807) is 24.3 Å². The van der Waals surface area contributed by atoms with Crippen LogP contribution in [0, 0.1) is 6.92 Å². The van der Waals surface area contributed by atoms with E-state index in [2.05, 4.69) is 9.97 Å². The number of carbonyl (C=O) groups excluding carboxylic acids is 2. The molecule has 26 heavy (non-hydrogen) atoms. The van der Waals surface area contributed by atoms with Crippen LogP contribution in [-0.2, 0) is 0 Å². The van der Waals surface area contributed by atoms with Gasteiger partial charge in [0.25, 0.3) is 11.8 Å². The van der Waals surface area contributed by atoms with E-state index >= 15 is 0 Å². The summed E-state index contributed by atoms with van der Waals surface area (Å²) in [6, 6.07) is 8.40. The number of hydrogen-bond acceptors (Lipinski definition) is 6. The number of aryl methyl sites for hydroxylation is 1. The first-order chi connectivity index (χ1) is 12.5. The zero-order valence-electron chi connectivity index (χ0n) is 14.9. The zero-order chi connectivity index (χ0) is 18.7. The molecule has 2 aromatic rings. The van der Waals surface area contributed by atoms with Crippen LogP contribution in [0.2, 0.25) is 0 Å². The molecule has 0 bridgehead atoms. The number of nitrogens with zero attached hydrogens (tertiary/aromatic N) is 4. The second-order valence-corrected chi connectivity index (χ2v) is 5.78. The SMILES string of the molecule is COc1ccc(C(=O)N2CCCN2C(=O)c2cccc(C)n2)c(OC)n1. The van der Waals surface area contributed by atoms with Crippen molar-refractivity contribution in [1.29, 1.82) is 0 Å². The molecule has 0 atom stereocenters. The predicted octanol–water partition coefficient (Wildman–Crippen LogP) is 1.71. The van der Waals surface area contributed by atoms with Crippen molar-refractivity contribution in [3.63, 3.8) is 0 Å². The van der Waals surface area contributed by atoms with Gasteiger partial charge in [0.15, 0.2) is 0 Å². The van der Waals surface area contributed by atoms with Gasteiger partial charge in [-0.05, 0) is 31.5 Å². The molecule has 2 amide bonds. The van der Waals surface area contributed by atoms with Gasteiger partial charge < -0.3 is 9.47 Å². The molecule has 0 aromatic carbocycles. The lowest BCUT2D eigenvalue weighted by Crippen LogP contribution is -2.45. The molecule has 0 saturated carbocycles. The first kappa shape index (κ1) is 17.7. The summed E-state index contributed by atoms with van der Waals surface area (Å²) in [6.07, 6.45) is 0.690. The molecule has 0 N–H and O–H groups in total. The summed E-state index contributed by atoms with van der Waals surface area (Å²) in [6.45, 7) is 2.70. The molecule has 0 unspecified atom stereocenters. The molecule has 8 heteroatoms. The van der Waals surface area contributed by atoms with Gasteiger partial charge in [-0.25, -0.2) is 15.0 Å². The van der Waals surface area contributed by atoms with E-state index in [1.807, 2.05) is 13.0 Å². The lowest BCUT2D eigenvalue weighted by molar-refractivity contribution is 0.0180. The average molecular weight is 356 g/mol. The fraction of sp³-hybridized carbons (Fsp3) is 0.333. The minimum Gasteiger partial charge on any atom is -0.481 e. The van der Waals surface area contributed by atoms with Gasteiger partial charge >= 0.3 is 0 Å². The Balaban J connectivity index is 1.88. The van der Waals surface area contributed by atoms with Gasteiger partial charge in [-0.1, -0.05) is 6.07 Å². The fourth-order valence-electron chi connectivity index (χ4n) is 2.82. The van der Waals surface area contributed by atoms with Crippen molar-refractivity contribution in [2.24, 2.45) is 0 Å². The van der Waals surface area contributed by atoms with Gasteiger partial charge in [-0.15, -0.1) is 0 Å². The van der Waals surface area contributed by atoms with Gasteiger partial charge in [-0.2, -0.15) is 4.98 Å². The Bertz CT molecular complexity index is 840. The molecule has 0 aliphatic carbocycles. The minimum absolute atomic E-state index is 0.155. The van der Waals surface area contributed by atoms with Crippen molar-refractivity contribution in [2.45, 2.75) is 13.3 Å². The number of methoxy groups -OCH3 is 2. The standard InChI is InChI=1S/C18H20N4O4/c1-12-6-4-7-14(19-12)18(24)22-11-5-10-21(22)17(23)13-8-9-15(25-2)20-16(13)26-3/h4,6-9H,5,10-11H2,1-3H3. The third kappa shape index (κ3) is 3.30. The van der Waals surface area contributed by atoms with Crippen molar-refractivity contribution in [2.75, 3.05) is 27.3 Å². The lowest BCUT2D eigenvalue weighted by atomic mass is 10.2. The van der Waals surface area contributed by atoms with Gasteiger partial charge in [0.2, 0.25) is 11.8 Å². The van der Waals surface area contributed by atoms with Gasteiger partial charge in [0.05, 0.1) is 14.2 Å². The van der Waals surface area contributed by atoms with E-state index in [1.165, 1.54) is 24.2 Å². The summed E-state index contributed by atoms with van der Waals surface area (Å²) < 4.78 is 10.3. The third-order valence-corrected chi connectivity index (χ3v) is 4.08. The van der Waals surface area contributed by atoms with Crippen LogP contribution in [0.15, 0.2) is 30.3 Å². The van der Waals surface area contributed by atoms with E-state index in [4.69, 9.17) is 9.47 Å². The normalized spacial score (nSPS) is 13.7. The number of hydrogen-bond donors (Lipinski definition) is 0. The summed E-state index contributed by atoms with van der Waals surface area (Å²) in [5.41, 5.74) is 1.32. The van der Waals surface area contributed by atoms with Crippen molar-refractivity contribution in [3.8, 4) is 11.8 Å². The first-order valence-corrected chi connectivity index (χ1v) is 8.21. The summed E-state index contributed by atoms with van der Waals surface area (Å²) in [5.74, 6) is -0.158. The van der Waals surface area contributed by atoms with E-state index in [9.17, 15) is 9.59 Å². The van der Waals surface area contributed by atoms with Crippen molar-refractivity contribution in [1.82, 2.24) is 20.0 Å². The number of pyridine rings is 2. The maximum absolute atomic E-state index is 13.0. The number of aromatic nitrogens is 2. The van der Waals surface area contributed by atoms with E-state index < -0.39 is 0 Å². The van der Waals surface area contributed by atoms with E-state index in [-0.39, 0.29) is 23.3 Å². The highest BCUT2D eigenvalue weighted by Gasteiger charge is 2.34. The van der Waals surface area contributed by atoms with E-state index in [0.717, 1.165) is 5.69 Å². The predicted molar refractivity (Wildman–Crippen MR) is 93.0 cm³/mol. The number of ether oxygens (including phenoxy) is 2. The molecule has 1 saturated heterocycles. The van der Waals surface area contributed by atoms with E-state index in [0.29, 0.717) is 31.1 Å². The highest BCUT2D eigenvalue weighted by molar-refractivity contribution is 6.00. The Morgan fingerprint density at radius 2 is 1.69 bits per heavy atom. The highest BCUT2D eigenvalue weighted by Crippen LogP contribution is 2.24. The smallest absolute Gasteiger partial charge is 0.291 e. The van der Waals surface area contributed by atoms with Crippen LogP contribution < -0.4 is 9.47 Å². The van der Waals surface area contributed by atoms with Crippen LogP contribution in [0.3, 0.4) is 0 Å². The molecule has 1 aliphatic heterocycles. The molecular formula is C18H20N4O4. The first-order valence-electron chi connectivity index (χ1n) is 8.21. The van der Waals surface area contributed by atoms with Crippen molar-refractivity contribution in [3.05, 3.63) is 47.3 Å². The van der Waals surface area contributed by atoms with Crippen LogP contribution in [0.4, 0.5) is 0 Å². The Hall–Kier alpha value is -3.16. The topological polar surface area (TPSA) is 84.9 Å². The van der Waals surface area contributed by atoms with Crippen LogP contribution in [0.5, 0.6) is 11.8 Å². The van der Waals surface area contributed by atoms with Gasteiger partial charge in [0.1, 0.15) is 11.3 Å². The quantitative estimate of drug-likeness (QED) is 0.829. The maximum atomic E-state index is 13.0. The Labute approximate surface area is 151 Å². The maximum Gasteiger partial charge on any atom is 0.291 e. The molecule has 3 heterocycles. The lowest BCUT2D eigenvalue weighted by Gasteiger charge is -2.28. The number of rotatable bonds is 4. The number of hydrazine groups is 1. The van der Waals surface area contributed by atoms with Crippen LogP contribution in [-0.4, -0.2) is 59.1 Å². The second kappa shape index (κ2) is 7.38. The zero-order valence-corrected chi connectivity index (χ0v) is 14.9. The van der Waals surface area contributed by atoms with Crippen molar-refractivity contribution >= 4 is 11.8 Å². The Morgan fingerprint density at radius 3 is 2.35 bits per heavy atom. The minimum atomic E-state index is -0.351. The summed E-state index contributed by atoms with van der Waals surface area (Å²) in [7, 11) is 2.92. The molecular weight excluding hydrogens is 336 g/mol. The highest BCUT2D eigenvalue weighted by atomic mass is 16.5. The molecule has 8 nitrogen and oxygen atoms in total. The summed E-state index contributed by atoms with van der Waals surface area (Å²) in [5, 5.41) is 2.84. The molecule has 2 aromatic heterocycles. The molecule has 0 spiro atoms. The molecule has 1 aliphatic rings. The monoisotopic (exact) mass is 356 g/mol. The molecule has 1 fully saturated rings. The van der Waals surface area contributed by atoms with Gasteiger partial charge in [-0.3, -0.25) is 9.59 Å². The third-order valence-electron chi connectivity index (χ3n) is 4.08. The van der Waals surface area contributed by atoms with Crippen LogP contribution >= 0.6 is 0 Å². The number of amides is 2. The van der Waals surface area contributed by atoms with Crippen molar-refractivity contribution < 1.29 is 19.1 Å². The summed E-state index contributed by atoms with van der Waals surface area (Å²) in [4.78, 5) is 34.2.